The van der Waals surface area contributed by atoms with E-state index in [0.717, 1.165) is 44.7 Å². The van der Waals surface area contributed by atoms with Gasteiger partial charge in [0.05, 0.1) is 35.6 Å². The number of carbonyl (C=O) groups is 3. The lowest BCUT2D eigenvalue weighted by atomic mass is 9.84. The van der Waals surface area contributed by atoms with Crippen LogP contribution < -0.4 is 10.2 Å². The molecule has 1 aliphatic rings. The van der Waals surface area contributed by atoms with Crippen molar-refractivity contribution in [1.29, 1.82) is 0 Å². The first-order valence-electron chi connectivity index (χ1n) is 23.4. The number of fused-ring (bicyclic) bond motifs is 1. The molecule has 16 heteroatoms. The number of benzene rings is 2. The van der Waals surface area contributed by atoms with Gasteiger partial charge in [-0.3, -0.25) is 14.7 Å². The molecule has 3 heterocycles. The van der Waals surface area contributed by atoms with Crippen LogP contribution in [0.4, 0.5) is 10.5 Å². The van der Waals surface area contributed by atoms with Crippen LogP contribution >= 0.6 is 0 Å². The average Bonchev–Trinajstić information content (AvgIpc) is 3.58. The molecule has 4 atom stereocenters. The number of carbonyl (C=O) groups excluding carboxylic acids is 3. The molecule has 1 aliphatic heterocycles. The van der Waals surface area contributed by atoms with Gasteiger partial charge in [-0.25, -0.2) is 18.0 Å². The maximum atomic E-state index is 14.0. The van der Waals surface area contributed by atoms with E-state index in [9.17, 15) is 22.8 Å². The lowest BCUT2D eigenvalue weighted by Gasteiger charge is -2.39. The molecule has 0 bridgehead atoms. The minimum atomic E-state index is -3.72. The zero-order chi connectivity index (χ0) is 49.6. The van der Waals surface area contributed by atoms with Crippen LogP contribution in [0.5, 0.6) is 0 Å². The Bertz CT molecular complexity index is 2470. The van der Waals surface area contributed by atoms with E-state index in [-0.39, 0.29) is 54.3 Å². The second-order valence-electron chi connectivity index (χ2n) is 20.6. The molecule has 0 aliphatic carbocycles. The Labute approximate surface area is 400 Å². The van der Waals surface area contributed by atoms with Crippen molar-refractivity contribution in [3.8, 4) is 11.3 Å². The molecule has 0 radical (unpaired) electrons. The molecular weight excluding hydrogens is 887 g/mol. The summed E-state index contributed by atoms with van der Waals surface area (Å²) in [6.07, 6.45) is 1.28. The molecule has 2 aromatic carbocycles. The van der Waals surface area contributed by atoms with Gasteiger partial charge in [0, 0.05) is 68.7 Å². The van der Waals surface area contributed by atoms with Gasteiger partial charge < -0.3 is 33.4 Å². The molecule has 2 amide bonds. The number of nitrogens with one attached hydrogen (secondary N) is 1. The van der Waals surface area contributed by atoms with Gasteiger partial charge in [-0.1, -0.05) is 78.8 Å². The van der Waals surface area contributed by atoms with Crippen molar-refractivity contribution in [1.82, 2.24) is 19.8 Å². The van der Waals surface area contributed by atoms with E-state index in [1.54, 1.807) is 27.2 Å². The van der Waals surface area contributed by atoms with Crippen LogP contribution in [0.2, 0.25) is 18.1 Å². The number of nitrogens with zero attached hydrogens (tertiary/aromatic N) is 4. The van der Waals surface area contributed by atoms with Gasteiger partial charge in [0.25, 0.3) is 0 Å². The zero-order valence-electron chi connectivity index (χ0n) is 42.3. The van der Waals surface area contributed by atoms with E-state index in [2.05, 4.69) is 87.6 Å². The first-order chi connectivity index (χ1) is 31.4. The minimum absolute atomic E-state index is 0.0145. The van der Waals surface area contributed by atoms with Crippen molar-refractivity contribution in [2.24, 2.45) is 11.3 Å². The van der Waals surface area contributed by atoms with Crippen molar-refractivity contribution < 1.29 is 41.4 Å². The molecule has 1 N–H and O–H groups in total. The average molecular weight is 962 g/mol. The maximum Gasteiger partial charge on any atom is 0.410 e. The van der Waals surface area contributed by atoms with Gasteiger partial charge in [0.15, 0.2) is 18.2 Å². The van der Waals surface area contributed by atoms with E-state index in [1.807, 2.05) is 49.4 Å². The number of hydrogen-bond donors (Lipinski definition) is 1. The van der Waals surface area contributed by atoms with Crippen molar-refractivity contribution in [3.63, 3.8) is 0 Å². The van der Waals surface area contributed by atoms with Gasteiger partial charge in [0.2, 0.25) is 5.91 Å². The molecule has 1 saturated heterocycles. The van der Waals surface area contributed by atoms with Gasteiger partial charge in [-0.05, 0) is 97.6 Å². The summed E-state index contributed by atoms with van der Waals surface area (Å²) in [5, 5.41) is 2.83. The third kappa shape index (κ3) is 12.5. The molecular formula is C51H75N5O9SSi. The van der Waals surface area contributed by atoms with Gasteiger partial charge in [-0.2, -0.15) is 0 Å². The Kier molecular flexibility index (Phi) is 17.2. The summed E-state index contributed by atoms with van der Waals surface area (Å²) >= 11 is 0. The van der Waals surface area contributed by atoms with Crippen LogP contribution in [0.1, 0.15) is 91.7 Å². The van der Waals surface area contributed by atoms with Gasteiger partial charge in [0.1, 0.15) is 18.7 Å². The van der Waals surface area contributed by atoms with Crippen LogP contribution in [0.15, 0.2) is 66.9 Å². The van der Waals surface area contributed by atoms with Crippen molar-refractivity contribution >= 4 is 52.7 Å². The summed E-state index contributed by atoms with van der Waals surface area (Å²) in [5.41, 5.74) is 6.43. The number of anilines is 1. The van der Waals surface area contributed by atoms with Crippen molar-refractivity contribution in [3.05, 3.63) is 83.7 Å². The SMILES string of the molecule is CCn1c(-c2cccnc2[C@H](C)OC)c(CC(C)(C)CO[Si](C)(C)C(C)(C)C)c2cc(N3CCS(=O)(=O)C(CC(NC(=O)[C@H](C(C)C)N(C)C(=O)OCc4ccccc4)C(=O)OC)C3)ccc21. The zero-order valence-corrected chi connectivity index (χ0v) is 44.1. The lowest BCUT2D eigenvalue weighted by Crippen LogP contribution is -2.56. The summed E-state index contributed by atoms with van der Waals surface area (Å²) in [7, 11) is -1.43. The Hall–Kier alpha value is -4.77. The fraction of sp³-hybridized carbons (Fsp3) is 0.569. The van der Waals surface area contributed by atoms with E-state index in [1.165, 1.54) is 19.1 Å². The van der Waals surface area contributed by atoms with Gasteiger partial charge in [-0.15, -0.1) is 0 Å². The number of aryl methyl sites for hydroxylation is 1. The summed E-state index contributed by atoms with van der Waals surface area (Å²) < 4.78 is 53.5. The van der Waals surface area contributed by atoms with Crippen molar-refractivity contribution in [2.75, 3.05) is 51.6 Å². The largest absolute Gasteiger partial charge is 0.467 e. The smallest absolute Gasteiger partial charge is 0.410 e. The predicted octanol–water partition coefficient (Wildman–Crippen LogP) is 8.97. The molecule has 368 valence electrons. The fourth-order valence-corrected chi connectivity index (χ4v) is 11.5. The van der Waals surface area contributed by atoms with Gasteiger partial charge >= 0.3 is 12.1 Å². The first-order valence-corrected chi connectivity index (χ1v) is 28.0. The first kappa shape index (κ1) is 53.2. The number of hydrogen-bond acceptors (Lipinski definition) is 11. The normalized spacial score (nSPS) is 16.9. The Morgan fingerprint density at radius 3 is 2.28 bits per heavy atom. The lowest BCUT2D eigenvalue weighted by molar-refractivity contribution is -0.146. The number of ether oxygens (including phenoxy) is 3. The topological polar surface area (TPSA) is 159 Å². The molecule has 4 aromatic rings. The summed E-state index contributed by atoms with van der Waals surface area (Å²) in [5.74, 6) is -1.94. The number of sulfone groups is 1. The second-order valence-corrected chi connectivity index (χ2v) is 27.8. The molecule has 67 heavy (non-hydrogen) atoms. The highest BCUT2D eigenvalue weighted by Gasteiger charge is 2.41. The van der Waals surface area contributed by atoms with E-state index in [0.29, 0.717) is 19.6 Å². The van der Waals surface area contributed by atoms with Crippen molar-refractivity contribution in [2.45, 2.75) is 130 Å². The van der Waals surface area contributed by atoms with E-state index in [4.69, 9.17) is 23.6 Å². The number of aromatic nitrogens is 2. The van der Waals surface area contributed by atoms with E-state index < -0.39 is 53.5 Å². The standard InChI is InChI=1S/C51H75N5O9SSi/c1-15-56-43-24-23-37(28-40(43)41(30-51(8,9)33-65-67(13,14)50(5,6)7)46(56)39-22-19-25-52-44(39)35(4)62-11)55-26-27-66(60,61)38(31-55)29-42(48(58)63-12)53-47(57)45(34(2)3)54(10)49(59)64-32-36-20-17-16-18-21-36/h16-25,28,34-35,38,42,45H,15,26-27,29-33H2,1-14H3,(H,53,57)/t35-,38?,42?,45-/m0/s1. The van der Waals surface area contributed by atoms with Crippen LogP contribution in [-0.2, 0) is 57.6 Å². The highest BCUT2D eigenvalue weighted by Crippen LogP contribution is 2.43. The Balaban J connectivity index is 1.49. The number of amides is 2. The predicted molar refractivity (Wildman–Crippen MR) is 268 cm³/mol. The molecule has 0 spiro atoms. The highest BCUT2D eigenvalue weighted by molar-refractivity contribution is 7.92. The molecule has 14 nitrogen and oxygen atoms in total. The molecule has 5 rings (SSSR count). The molecule has 2 aromatic heterocycles. The van der Waals surface area contributed by atoms with Crippen LogP contribution in [-0.4, -0.2) is 113 Å². The molecule has 0 saturated carbocycles. The quantitative estimate of drug-likeness (QED) is 0.0707. The van der Waals surface area contributed by atoms with Crippen LogP contribution in [0, 0.1) is 11.3 Å². The van der Waals surface area contributed by atoms with E-state index >= 15 is 0 Å². The monoisotopic (exact) mass is 962 g/mol. The van der Waals surface area contributed by atoms with Crippen LogP contribution in [0.3, 0.4) is 0 Å². The number of methoxy groups -OCH3 is 2. The molecule has 2 unspecified atom stereocenters. The van der Waals surface area contributed by atoms with Crippen LogP contribution in [0.25, 0.3) is 22.2 Å². The third-order valence-electron chi connectivity index (χ3n) is 13.6. The Morgan fingerprint density at radius 1 is 0.985 bits per heavy atom. The maximum absolute atomic E-state index is 14.0. The highest BCUT2D eigenvalue weighted by atomic mass is 32.2. The second kappa shape index (κ2) is 21.7. The fourth-order valence-electron chi connectivity index (χ4n) is 8.65. The number of rotatable bonds is 19. The summed E-state index contributed by atoms with van der Waals surface area (Å²) in [4.78, 5) is 48.6. The minimum Gasteiger partial charge on any atom is -0.467 e. The third-order valence-corrected chi connectivity index (χ3v) is 20.2. The number of likely N-dealkylation sites (N-methyl/N-ethyl adjacent to an activating group) is 1. The molecule has 1 fully saturated rings. The number of pyridine rings is 1. The Morgan fingerprint density at radius 2 is 1.67 bits per heavy atom. The summed E-state index contributed by atoms with van der Waals surface area (Å²) in [6, 6.07) is 17.2. The number of esters is 1. The summed E-state index contributed by atoms with van der Waals surface area (Å²) in [6.45, 7) is 25.1.